The van der Waals surface area contributed by atoms with Gasteiger partial charge in [-0.25, -0.2) is 0 Å². The summed E-state index contributed by atoms with van der Waals surface area (Å²) in [5.41, 5.74) is 8.39. The summed E-state index contributed by atoms with van der Waals surface area (Å²) in [5, 5.41) is 8.42. The Bertz CT molecular complexity index is 705. The maximum atomic E-state index is 5.82. The molecule has 0 atom stereocenters. The number of fused-ring (bicyclic) bond motifs is 1. The Morgan fingerprint density at radius 2 is 1.94 bits per heavy atom. The second kappa shape index (κ2) is 4.34. The minimum Gasteiger partial charge on any atom is -0.398 e. The van der Waals surface area contributed by atoms with Gasteiger partial charge in [-0.15, -0.1) is 22.0 Å². The standard InChI is InChI=1S/C13H12N4S/c1-18-11-5-3-2-4-10(11)13-16-15-12-7-6-9(14)8-17(12)13/h2-8H,14H2,1H3. The summed E-state index contributed by atoms with van der Waals surface area (Å²) >= 11 is 1.69. The number of benzene rings is 1. The van der Waals surface area contributed by atoms with Gasteiger partial charge in [-0.1, -0.05) is 18.2 Å². The lowest BCUT2D eigenvalue weighted by Crippen LogP contribution is -1.93. The van der Waals surface area contributed by atoms with Crippen LogP contribution >= 0.6 is 11.8 Å². The number of thioether (sulfide) groups is 1. The molecule has 0 spiro atoms. The minimum atomic E-state index is 0.699. The van der Waals surface area contributed by atoms with Gasteiger partial charge in [-0.3, -0.25) is 4.40 Å². The number of nitrogen functional groups attached to an aromatic ring is 1. The van der Waals surface area contributed by atoms with Crippen molar-refractivity contribution in [3.63, 3.8) is 0 Å². The predicted octanol–water partition coefficient (Wildman–Crippen LogP) is 2.70. The van der Waals surface area contributed by atoms with Crippen LogP contribution in [0.25, 0.3) is 17.0 Å². The molecule has 0 aliphatic carbocycles. The van der Waals surface area contributed by atoms with Gasteiger partial charge in [0.1, 0.15) is 0 Å². The molecule has 90 valence electrons. The van der Waals surface area contributed by atoms with Crippen LogP contribution in [0, 0.1) is 0 Å². The number of anilines is 1. The Kier molecular flexibility index (Phi) is 2.68. The fraction of sp³-hybridized carbons (Fsp3) is 0.0769. The molecule has 0 aliphatic rings. The van der Waals surface area contributed by atoms with E-state index in [0.717, 1.165) is 17.0 Å². The summed E-state index contributed by atoms with van der Waals surface area (Å²) in [5.74, 6) is 0.822. The van der Waals surface area contributed by atoms with Crippen LogP contribution < -0.4 is 5.73 Å². The number of rotatable bonds is 2. The van der Waals surface area contributed by atoms with Crippen LogP contribution in [0.5, 0.6) is 0 Å². The van der Waals surface area contributed by atoms with Gasteiger partial charge in [0.25, 0.3) is 0 Å². The molecule has 2 N–H and O–H groups in total. The number of nitrogens with zero attached hydrogens (tertiary/aromatic N) is 3. The van der Waals surface area contributed by atoms with Crippen LogP contribution in [-0.2, 0) is 0 Å². The molecule has 3 rings (SSSR count). The molecule has 0 aliphatic heterocycles. The van der Waals surface area contributed by atoms with E-state index in [-0.39, 0.29) is 0 Å². The molecule has 5 heteroatoms. The quantitative estimate of drug-likeness (QED) is 0.716. The van der Waals surface area contributed by atoms with Gasteiger partial charge in [0.2, 0.25) is 0 Å². The SMILES string of the molecule is CSc1ccccc1-c1nnc2ccc(N)cn12. The van der Waals surface area contributed by atoms with Crippen molar-refractivity contribution in [3.8, 4) is 11.4 Å². The fourth-order valence-electron chi connectivity index (χ4n) is 1.92. The Morgan fingerprint density at radius 1 is 1.11 bits per heavy atom. The van der Waals surface area contributed by atoms with Gasteiger partial charge >= 0.3 is 0 Å². The summed E-state index contributed by atoms with van der Waals surface area (Å²) in [6, 6.07) is 11.8. The average Bonchev–Trinajstić information content (AvgIpc) is 2.81. The van der Waals surface area contributed by atoms with Crippen LogP contribution in [0.15, 0.2) is 47.5 Å². The third kappa shape index (κ3) is 1.73. The molecule has 2 heterocycles. The Labute approximate surface area is 109 Å². The first-order chi connectivity index (χ1) is 8.79. The van der Waals surface area contributed by atoms with Gasteiger partial charge in [0.05, 0.1) is 0 Å². The second-order valence-electron chi connectivity index (χ2n) is 3.91. The number of aromatic nitrogens is 3. The summed E-state index contributed by atoms with van der Waals surface area (Å²) in [7, 11) is 0. The zero-order chi connectivity index (χ0) is 12.5. The Balaban J connectivity index is 2.28. The highest BCUT2D eigenvalue weighted by molar-refractivity contribution is 7.98. The lowest BCUT2D eigenvalue weighted by Gasteiger charge is -2.05. The second-order valence-corrected chi connectivity index (χ2v) is 4.76. The number of pyridine rings is 1. The van der Waals surface area contributed by atoms with Crippen molar-refractivity contribution < 1.29 is 0 Å². The van der Waals surface area contributed by atoms with E-state index in [2.05, 4.69) is 22.5 Å². The molecule has 0 saturated carbocycles. The molecule has 0 bridgehead atoms. The lowest BCUT2D eigenvalue weighted by molar-refractivity contribution is 1.10. The van der Waals surface area contributed by atoms with Crippen molar-refractivity contribution in [2.24, 2.45) is 0 Å². The van der Waals surface area contributed by atoms with Gasteiger partial charge < -0.3 is 5.73 Å². The number of nitrogens with two attached hydrogens (primary N) is 1. The van der Waals surface area contributed by atoms with E-state index in [4.69, 9.17) is 5.73 Å². The van der Waals surface area contributed by atoms with E-state index >= 15 is 0 Å². The zero-order valence-electron chi connectivity index (χ0n) is 9.87. The van der Waals surface area contributed by atoms with Crippen LogP contribution in [0.2, 0.25) is 0 Å². The van der Waals surface area contributed by atoms with Crippen molar-refractivity contribution in [1.29, 1.82) is 0 Å². The monoisotopic (exact) mass is 256 g/mol. The molecule has 2 aromatic heterocycles. The van der Waals surface area contributed by atoms with Crippen LogP contribution in [0.1, 0.15) is 0 Å². The molecule has 1 aromatic carbocycles. The summed E-state index contributed by atoms with van der Waals surface area (Å²) in [6.45, 7) is 0. The minimum absolute atomic E-state index is 0.699. The van der Waals surface area contributed by atoms with Crippen molar-refractivity contribution in [1.82, 2.24) is 14.6 Å². The zero-order valence-corrected chi connectivity index (χ0v) is 10.7. The van der Waals surface area contributed by atoms with Crippen LogP contribution in [-0.4, -0.2) is 20.9 Å². The third-order valence-electron chi connectivity index (χ3n) is 2.77. The largest absolute Gasteiger partial charge is 0.398 e. The molecule has 0 amide bonds. The first-order valence-electron chi connectivity index (χ1n) is 5.53. The van der Waals surface area contributed by atoms with E-state index in [1.54, 1.807) is 11.8 Å². The Morgan fingerprint density at radius 3 is 2.78 bits per heavy atom. The smallest absolute Gasteiger partial charge is 0.169 e. The van der Waals surface area contributed by atoms with Crippen molar-refractivity contribution >= 4 is 23.1 Å². The van der Waals surface area contributed by atoms with E-state index in [1.165, 1.54) is 4.90 Å². The summed E-state index contributed by atoms with van der Waals surface area (Å²) < 4.78 is 1.92. The van der Waals surface area contributed by atoms with Gasteiger partial charge in [-0.05, 0) is 24.5 Å². The van der Waals surface area contributed by atoms with E-state index in [0.29, 0.717) is 5.69 Å². The number of hydrogen-bond acceptors (Lipinski definition) is 4. The van der Waals surface area contributed by atoms with Crippen molar-refractivity contribution in [3.05, 3.63) is 42.6 Å². The lowest BCUT2D eigenvalue weighted by atomic mass is 10.2. The molecule has 3 aromatic rings. The highest BCUT2D eigenvalue weighted by Crippen LogP contribution is 2.29. The van der Waals surface area contributed by atoms with Crippen LogP contribution in [0.3, 0.4) is 0 Å². The molecule has 18 heavy (non-hydrogen) atoms. The molecule has 0 fully saturated rings. The maximum Gasteiger partial charge on any atom is 0.169 e. The third-order valence-corrected chi connectivity index (χ3v) is 3.57. The van der Waals surface area contributed by atoms with Crippen molar-refractivity contribution in [2.45, 2.75) is 4.90 Å². The van der Waals surface area contributed by atoms with E-state index < -0.39 is 0 Å². The topological polar surface area (TPSA) is 56.2 Å². The molecule has 0 unspecified atom stereocenters. The summed E-state index contributed by atoms with van der Waals surface area (Å²) in [4.78, 5) is 1.18. The molecular formula is C13H12N4S. The fourth-order valence-corrected chi connectivity index (χ4v) is 2.51. The van der Waals surface area contributed by atoms with Gasteiger partial charge in [0.15, 0.2) is 11.5 Å². The molecule has 0 radical (unpaired) electrons. The maximum absolute atomic E-state index is 5.82. The van der Waals surface area contributed by atoms with E-state index in [1.807, 2.05) is 40.9 Å². The van der Waals surface area contributed by atoms with E-state index in [9.17, 15) is 0 Å². The van der Waals surface area contributed by atoms with Gasteiger partial charge in [-0.2, -0.15) is 0 Å². The normalized spacial score (nSPS) is 10.9. The first kappa shape index (κ1) is 11.1. The highest BCUT2D eigenvalue weighted by Gasteiger charge is 2.11. The van der Waals surface area contributed by atoms with Gasteiger partial charge in [0, 0.05) is 22.3 Å². The summed E-state index contributed by atoms with van der Waals surface area (Å²) in [6.07, 6.45) is 3.90. The highest BCUT2D eigenvalue weighted by atomic mass is 32.2. The molecule has 4 nitrogen and oxygen atoms in total. The Hall–Kier alpha value is -2.01. The van der Waals surface area contributed by atoms with Crippen molar-refractivity contribution in [2.75, 3.05) is 12.0 Å². The average molecular weight is 256 g/mol. The predicted molar refractivity (Wildman–Crippen MR) is 74.6 cm³/mol. The number of hydrogen-bond donors (Lipinski definition) is 1. The van der Waals surface area contributed by atoms with Crippen LogP contribution in [0.4, 0.5) is 5.69 Å². The first-order valence-corrected chi connectivity index (χ1v) is 6.76. The molecule has 0 saturated heterocycles. The molecular weight excluding hydrogens is 244 g/mol.